The number of rotatable bonds is 3. The standard InChI is InChI=1S/C12H16Cl2N2O/c1-5-8-9(12(17)16(4)6-2)7(3)15-11(14)10(8)13/h5-6H2,1-4H3. The molecule has 0 bridgehead atoms. The molecule has 0 saturated heterocycles. The van der Waals surface area contributed by atoms with Crippen LogP contribution in [-0.4, -0.2) is 29.4 Å². The summed E-state index contributed by atoms with van der Waals surface area (Å²) in [7, 11) is 1.75. The van der Waals surface area contributed by atoms with E-state index in [-0.39, 0.29) is 11.1 Å². The monoisotopic (exact) mass is 274 g/mol. The van der Waals surface area contributed by atoms with Gasteiger partial charge in [0, 0.05) is 13.6 Å². The summed E-state index contributed by atoms with van der Waals surface area (Å²) in [5.74, 6) is -0.0621. The first kappa shape index (κ1) is 14.3. The normalized spacial score (nSPS) is 10.5. The van der Waals surface area contributed by atoms with Gasteiger partial charge in [-0.2, -0.15) is 0 Å². The van der Waals surface area contributed by atoms with E-state index in [1.54, 1.807) is 18.9 Å². The largest absolute Gasteiger partial charge is 0.342 e. The maximum absolute atomic E-state index is 12.2. The first-order valence-corrected chi connectivity index (χ1v) is 6.29. The van der Waals surface area contributed by atoms with Gasteiger partial charge in [-0.25, -0.2) is 4.98 Å². The summed E-state index contributed by atoms with van der Waals surface area (Å²) in [4.78, 5) is 18.0. The molecule has 0 saturated carbocycles. The Morgan fingerprint density at radius 2 is 1.94 bits per heavy atom. The molecule has 0 spiro atoms. The molecule has 0 aliphatic carbocycles. The van der Waals surface area contributed by atoms with Crippen molar-refractivity contribution in [3.8, 4) is 0 Å². The van der Waals surface area contributed by atoms with Crippen LogP contribution in [0.15, 0.2) is 0 Å². The van der Waals surface area contributed by atoms with Crippen LogP contribution in [0.3, 0.4) is 0 Å². The van der Waals surface area contributed by atoms with Gasteiger partial charge in [0.25, 0.3) is 5.91 Å². The van der Waals surface area contributed by atoms with E-state index in [1.165, 1.54) is 0 Å². The summed E-state index contributed by atoms with van der Waals surface area (Å²) in [6.45, 7) is 6.28. The van der Waals surface area contributed by atoms with E-state index in [4.69, 9.17) is 23.2 Å². The fourth-order valence-electron chi connectivity index (χ4n) is 1.66. The summed E-state index contributed by atoms with van der Waals surface area (Å²) < 4.78 is 0. The van der Waals surface area contributed by atoms with Crippen molar-refractivity contribution in [1.82, 2.24) is 9.88 Å². The zero-order valence-corrected chi connectivity index (χ0v) is 12.0. The summed E-state index contributed by atoms with van der Waals surface area (Å²) >= 11 is 12.0. The number of halogens is 2. The highest BCUT2D eigenvalue weighted by molar-refractivity contribution is 6.42. The topological polar surface area (TPSA) is 33.2 Å². The van der Waals surface area contributed by atoms with Crippen LogP contribution >= 0.6 is 23.2 Å². The Hall–Kier alpha value is -0.800. The van der Waals surface area contributed by atoms with E-state index < -0.39 is 0 Å². The van der Waals surface area contributed by atoms with Crippen LogP contribution in [0.1, 0.15) is 35.5 Å². The lowest BCUT2D eigenvalue weighted by Gasteiger charge is -2.19. The molecule has 0 N–H and O–H groups in total. The fraction of sp³-hybridized carbons (Fsp3) is 0.500. The molecule has 1 rings (SSSR count). The lowest BCUT2D eigenvalue weighted by atomic mass is 10.0. The number of pyridine rings is 1. The second-order valence-electron chi connectivity index (χ2n) is 3.83. The Balaban J connectivity index is 3.42. The van der Waals surface area contributed by atoms with E-state index in [1.807, 2.05) is 13.8 Å². The second-order valence-corrected chi connectivity index (χ2v) is 4.56. The van der Waals surface area contributed by atoms with Crippen molar-refractivity contribution in [3.05, 3.63) is 27.0 Å². The summed E-state index contributed by atoms with van der Waals surface area (Å²) in [6, 6.07) is 0. The third-order valence-electron chi connectivity index (χ3n) is 2.76. The van der Waals surface area contributed by atoms with Gasteiger partial charge in [-0.05, 0) is 25.8 Å². The number of hydrogen-bond acceptors (Lipinski definition) is 2. The molecular formula is C12H16Cl2N2O. The van der Waals surface area contributed by atoms with Crippen molar-refractivity contribution in [2.75, 3.05) is 13.6 Å². The highest BCUT2D eigenvalue weighted by Crippen LogP contribution is 2.29. The van der Waals surface area contributed by atoms with Gasteiger partial charge in [-0.3, -0.25) is 4.79 Å². The fourth-order valence-corrected chi connectivity index (χ4v) is 2.17. The minimum Gasteiger partial charge on any atom is -0.342 e. The van der Waals surface area contributed by atoms with E-state index in [0.717, 1.165) is 5.56 Å². The number of aromatic nitrogens is 1. The van der Waals surface area contributed by atoms with E-state index >= 15 is 0 Å². The molecule has 1 aromatic rings. The second kappa shape index (κ2) is 5.69. The average molecular weight is 275 g/mol. The van der Waals surface area contributed by atoms with Crippen molar-refractivity contribution in [3.63, 3.8) is 0 Å². The third-order valence-corrected chi connectivity index (χ3v) is 3.54. The van der Waals surface area contributed by atoms with Crippen LogP contribution in [0, 0.1) is 6.92 Å². The van der Waals surface area contributed by atoms with Gasteiger partial charge in [0.1, 0.15) is 5.15 Å². The predicted molar refractivity (Wildman–Crippen MR) is 71.0 cm³/mol. The zero-order chi connectivity index (χ0) is 13.2. The molecule has 0 aromatic carbocycles. The number of hydrogen-bond donors (Lipinski definition) is 0. The van der Waals surface area contributed by atoms with Crippen LogP contribution in [0.25, 0.3) is 0 Å². The van der Waals surface area contributed by atoms with Crippen LogP contribution in [0.4, 0.5) is 0 Å². The van der Waals surface area contributed by atoms with E-state index in [9.17, 15) is 4.79 Å². The smallest absolute Gasteiger partial charge is 0.255 e. The van der Waals surface area contributed by atoms with Gasteiger partial charge in [0.05, 0.1) is 16.3 Å². The average Bonchev–Trinajstić information content (AvgIpc) is 2.31. The predicted octanol–water partition coefficient (Wildman–Crippen LogP) is 3.35. The SMILES string of the molecule is CCc1c(Cl)c(Cl)nc(C)c1C(=O)N(C)CC. The molecule has 0 atom stereocenters. The van der Waals surface area contributed by atoms with Crippen molar-refractivity contribution in [2.45, 2.75) is 27.2 Å². The molecule has 0 radical (unpaired) electrons. The van der Waals surface area contributed by atoms with Gasteiger partial charge in [-0.15, -0.1) is 0 Å². The summed E-state index contributed by atoms with van der Waals surface area (Å²) in [5, 5.41) is 0.643. The van der Waals surface area contributed by atoms with Crippen molar-refractivity contribution < 1.29 is 4.79 Å². The van der Waals surface area contributed by atoms with Crippen LogP contribution < -0.4 is 0 Å². The Morgan fingerprint density at radius 3 is 2.41 bits per heavy atom. The summed E-state index contributed by atoms with van der Waals surface area (Å²) in [5.41, 5.74) is 1.97. The number of aryl methyl sites for hydroxylation is 1. The lowest BCUT2D eigenvalue weighted by molar-refractivity contribution is 0.0800. The Labute approximate surface area is 112 Å². The molecule has 17 heavy (non-hydrogen) atoms. The number of carbonyl (C=O) groups excluding carboxylic acids is 1. The van der Waals surface area contributed by atoms with Crippen molar-refractivity contribution in [2.24, 2.45) is 0 Å². The van der Waals surface area contributed by atoms with E-state index in [0.29, 0.717) is 29.2 Å². The molecule has 0 fully saturated rings. The van der Waals surface area contributed by atoms with Crippen LogP contribution in [0.5, 0.6) is 0 Å². The molecule has 1 heterocycles. The van der Waals surface area contributed by atoms with Gasteiger partial charge >= 0.3 is 0 Å². The van der Waals surface area contributed by atoms with Gasteiger partial charge < -0.3 is 4.90 Å². The number of carbonyl (C=O) groups is 1. The molecule has 1 amide bonds. The van der Waals surface area contributed by atoms with Crippen molar-refractivity contribution in [1.29, 1.82) is 0 Å². The van der Waals surface area contributed by atoms with Crippen LogP contribution in [-0.2, 0) is 6.42 Å². The third kappa shape index (κ3) is 2.72. The zero-order valence-electron chi connectivity index (χ0n) is 10.5. The molecule has 5 heteroatoms. The van der Waals surface area contributed by atoms with Crippen LogP contribution in [0.2, 0.25) is 10.2 Å². The lowest BCUT2D eigenvalue weighted by Crippen LogP contribution is -2.28. The number of nitrogens with zero attached hydrogens (tertiary/aromatic N) is 2. The molecule has 3 nitrogen and oxygen atoms in total. The van der Waals surface area contributed by atoms with Gasteiger partial charge in [-0.1, -0.05) is 30.1 Å². The molecule has 94 valence electrons. The maximum Gasteiger partial charge on any atom is 0.255 e. The Kier molecular flexibility index (Phi) is 4.78. The quantitative estimate of drug-likeness (QED) is 0.792. The summed E-state index contributed by atoms with van der Waals surface area (Å²) in [6.07, 6.45) is 0.653. The maximum atomic E-state index is 12.2. The minimum absolute atomic E-state index is 0.0621. The molecule has 0 unspecified atom stereocenters. The minimum atomic E-state index is -0.0621. The highest BCUT2D eigenvalue weighted by Gasteiger charge is 2.21. The van der Waals surface area contributed by atoms with Gasteiger partial charge in [0.15, 0.2) is 0 Å². The molecule has 1 aromatic heterocycles. The number of amides is 1. The highest BCUT2D eigenvalue weighted by atomic mass is 35.5. The molecule has 0 aliphatic heterocycles. The Bertz CT molecular complexity index is 447. The molecular weight excluding hydrogens is 259 g/mol. The molecule has 0 aliphatic rings. The van der Waals surface area contributed by atoms with E-state index in [2.05, 4.69) is 4.98 Å². The van der Waals surface area contributed by atoms with Gasteiger partial charge in [0.2, 0.25) is 0 Å². The first-order chi connectivity index (χ1) is 7.93. The van der Waals surface area contributed by atoms with Crippen molar-refractivity contribution >= 4 is 29.1 Å². The first-order valence-electron chi connectivity index (χ1n) is 5.53. The Morgan fingerprint density at radius 1 is 1.35 bits per heavy atom.